The van der Waals surface area contributed by atoms with E-state index in [0.717, 1.165) is 12.5 Å². The Hall–Kier alpha value is -0.0400. The second kappa shape index (κ2) is 9.04. The van der Waals surface area contributed by atoms with Gasteiger partial charge in [0.2, 0.25) is 0 Å². The average Bonchev–Trinajstić information content (AvgIpc) is 2.81. The third-order valence-corrected chi connectivity index (χ3v) is 3.92. The van der Waals surface area contributed by atoms with E-state index >= 15 is 0 Å². The van der Waals surface area contributed by atoms with Crippen LogP contribution in [0, 0.1) is 5.92 Å². The molecule has 1 rings (SSSR count). The highest BCUT2D eigenvalue weighted by Crippen LogP contribution is 2.30. The van der Waals surface area contributed by atoms with E-state index < -0.39 is 0 Å². The number of hydrogen-bond acceptors (Lipinski definition) is 0. The van der Waals surface area contributed by atoms with Crippen LogP contribution in [-0.2, 0) is 0 Å². The molecule has 0 spiro atoms. The van der Waals surface area contributed by atoms with Crippen molar-refractivity contribution in [1.29, 1.82) is 0 Å². The first-order valence-electron chi connectivity index (χ1n) is 7.55. The molecule has 1 fully saturated rings. The van der Waals surface area contributed by atoms with E-state index in [2.05, 4.69) is 13.8 Å². The van der Waals surface area contributed by atoms with Crippen molar-refractivity contribution in [3.8, 4) is 0 Å². The van der Waals surface area contributed by atoms with Gasteiger partial charge in [0.1, 0.15) is 0 Å². The molecule has 1 aliphatic carbocycles. The third kappa shape index (κ3) is 5.34. The normalized spacial score (nSPS) is 19.1. The smallest absolute Gasteiger partial charge is 0.0274 e. The molecule has 1 saturated carbocycles. The summed E-state index contributed by atoms with van der Waals surface area (Å²) in [5, 5.41) is 4.97. The molecule has 0 aliphatic heterocycles. The molecule has 1 atom stereocenters. The highest BCUT2D eigenvalue weighted by atomic mass is 14.9. The molecule has 0 bridgehead atoms. The summed E-state index contributed by atoms with van der Waals surface area (Å²) in [6.45, 7) is 5.67. The Balaban J connectivity index is 2.22. The van der Waals surface area contributed by atoms with Gasteiger partial charge in [-0.3, -0.25) is 0 Å². The molecule has 1 unspecified atom stereocenters. The number of hydrogen-bond donors (Lipinski definition) is 0. The van der Waals surface area contributed by atoms with E-state index in [0.29, 0.717) is 6.04 Å². The van der Waals surface area contributed by atoms with Crippen LogP contribution in [-0.4, -0.2) is 12.6 Å². The van der Waals surface area contributed by atoms with E-state index in [1.54, 1.807) is 0 Å². The molecule has 1 radical (unpaired) electrons. The van der Waals surface area contributed by atoms with Gasteiger partial charge in [0.25, 0.3) is 0 Å². The average molecular weight is 224 g/mol. The van der Waals surface area contributed by atoms with Crippen LogP contribution < -0.4 is 5.32 Å². The van der Waals surface area contributed by atoms with Crippen LogP contribution in [0.15, 0.2) is 0 Å². The first kappa shape index (κ1) is 14.0. The lowest BCUT2D eigenvalue weighted by Crippen LogP contribution is -2.30. The SMILES string of the molecule is CCCCCC([N]CCCC)C1CCCC1. The lowest BCUT2D eigenvalue weighted by Gasteiger charge is -2.23. The van der Waals surface area contributed by atoms with Crippen molar-refractivity contribution in [3.05, 3.63) is 0 Å². The first-order valence-corrected chi connectivity index (χ1v) is 7.55. The maximum atomic E-state index is 4.97. The number of rotatable bonds is 9. The molecule has 0 heterocycles. The Labute approximate surface area is 102 Å². The highest BCUT2D eigenvalue weighted by Gasteiger charge is 2.24. The van der Waals surface area contributed by atoms with Gasteiger partial charge in [0, 0.05) is 12.6 Å². The fourth-order valence-corrected chi connectivity index (χ4v) is 2.84. The van der Waals surface area contributed by atoms with Crippen molar-refractivity contribution < 1.29 is 0 Å². The fraction of sp³-hybridized carbons (Fsp3) is 1.00. The van der Waals surface area contributed by atoms with Gasteiger partial charge in [-0.05, 0) is 31.6 Å². The van der Waals surface area contributed by atoms with Gasteiger partial charge in [0.15, 0.2) is 0 Å². The van der Waals surface area contributed by atoms with Crippen LogP contribution in [0.4, 0.5) is 0 Å². The van der Waals surface area contributed by atoms with E-state index in [4.69, 9.17) is 5.32 Å². The minimum atomic E-state index is 0.709. The summed E-state index contributed by atoms with van der Waals surface area (Å²) in [4.78, 5) is 0. The van der Waals surface area contributed by atoms with Crippen LogP contribution in [0.3, 0.4) is 0 Å². The van der Waals surface area contributed by atoms with Crippen LogP contribution in [0.5, 0.6) is 0 Å². The van der Waals surface area contributed by atoms with Crippen LogP contribution >= 0.6 is 0 Å². The van der Waals surface area contributed by atoms with Gasteiger partial charge >= 0.3 is 0 Å². The molecule has 1 heteroatoms. The van der Waals surface area contributed by atoms with Crippen molar-refractivity contribution in [2.24, 2.45) is 5.92 Å². The molecule has 0 amide bonds. The monoisotopic (exact) mass is 224 g/mol. The lowest BCUT2D eigenvalue weighted by atomic mass is 9.93. The van der Waals surface area contributed by atoms with Gasteiger partial charge in [-0.2, -0.15) is 0 Å². The Morgan fingerprint density at radius 3 is 2.31 bits per heavy atom. The molecule has 95 valence electrons. The maximum absolute atomic E-state index is 4.97. The molecule has 0 aromatic heterocycles. The largest absolute Gasteiger partial charge is 0.238 e. The topological polar surface area (TPSA) is 14.1 Å². The minimum Gasteiger partial charge on any atom is -0.238 e. The zero-order valence-corrected chi connectivity index (χ0v) is 11.4. The summed E-state index contributed by atoms with van der Waals surface area (Å²) in [5.41, 5.74) is 0. The van der Waals surface area contributed by atoms with E-state index in [-0.39, 0.29) is 0 Å². The summed E-state index contributed by atoms with van der Waals surface area (Å²) in [6.07, 6.45) is 13.9. The summed E-state index contributed by atoms with van der Waals surface area (Å²) in [7, 11) is 0. The van der Waals surface area contributed by atoms with Crippen molar-refractivity contribution >= 4 is 0 Å². The highest BCUT2D eigenvalue weighted by molar-refractivity contribution is 4.80. The minimum absolute atomic E-state index is 0.709. The molecular weight excluding hydrogens is 194 g/mol. The maximum Gasteiger partial charge on any atom is 0.0274 e. The summed E-state index contributed by atoms with van der Waals surface area (Å²) < 4.78 is 0. The molecule has 1 nitrogen and oxygen atoms in total. The molecule has 16 heavy (non-hydrogen) atoms. The van der Waals surface area contributed by atoms with Gasteiger partial charge < -0.3 is 0 Å². The van der Waals surface area contributed by atoms with Crippen molar-refractivity contribution in [2.75, 3.05) is 6.54 Å². The Morgan fingerprint density at radius 2 is 1.69 bits per heavy atom. The quantitative estimate of drug-likeness (QED) is 0.511. The van der Waals surface area contributed by atoms with Crippen LogP contribution in [0.2, 0.25) is 0 Å². The van der Waals surface area contributed by atoms with Gasteiger partial charge in [-0.25, -0.2) is 5.32 Å². The van der Waals surface area contributed by atoms with Gasteiger partial charge in [0.05, 0.1) is 0 Å². The van der Waals surface area contributed by atoms with Crippen LogP contribution in [0.1, 0.15) is 78.1 Å². The predicted molar refractivity (Wildman–Crippen MR) is 71.8 cm³/mol. The summed E-state index contributed by atoms with van der Waals surface area (Å²) in [5.74, 6) is 0.939. The van der Waals surface area contributed by atoms with Crippen molar-refractivity contribution in [1.82, 2.24) is 5.32 Å². The Bertz CT molecular complexity index is 140. The zero-order valence-electron chi connectivity index (χ0n) is 11.4. The molecule has 1 aliphatic rings. The molecule has 0 N–H and O–H groups in total. The van der Waals surface area contributed by atoms with Crippen molar-refractivity contribution in [3.63, 3.8) is 0 Å². The van der Waals surface area contributed by atoms with Gasteiger partial charge in [-0.15, -0.1) is 0 Å². The molecule has 0 aromatic rings. The predicted octanol–water partition coefficient (Wildman–Crippen LogP) is 4.53. The van der Waals surface area contributed by atoms with E-state index in [1.807, 2.05) is 0 Å². The van der Waals surface area contributed by atoms with E-state index in [1.165, 1.54) is 64.2 Å². The van der Waals surface area contributed by atoms with Crippen molar-refractivity contribution in [2.45, 2.75) is 84.1 Å². The standard InChI is InChI=1S/C15H30N/c1-3-5-7-12-15(16-13-6-4-2)14-10-8-9-11-14/h14-15H,3-13H2,1-2H3. The first-order chi connectivity index (χ1) is 7.88. The second-order valence-electron chi connectivity index (χ2n) is 5.37. The molecule has 0 aromatic carbocycles. The molecular formula is C15H30N. The third-order valence-electron chi connectivity index (χ3n) is 3.92. The lowest BCUT2D eigenvalue weighted by molar-refractivity contribution is 0.324. The summed E-state index contributed by atoms with van der Waals surface area (Å²) >= 11 is 0. The fourth-order valence-electron chi connectivity index (χ4n) is 2.84. The summed E-state index contributed by atoms with van der Waals surface area (Å²) in [6, 6.07) is 0.709. The zero-order chi connectivity index (χ0) is 11.6. The number of nitrogens with zero attached hydrogens (tertiary/aromatic N) is 1. The Morgan fingerprint density at radius 1 is 1.00 bits per heavy atom. The Kier molecular flexibility index (Phi) is 7.92. The van der Waals surface area contributed by atoms with E-state index in [9.17, 15) is 0 Å². The van der Waals surface area contributed by atoms with Gasteiger partial charge in [-0.1, -0.05) is 52.4 Å². The number of unbranched alkanes of at least 4 members (excludes halogenated alkanes) is 3. The second-order valence-corrected chi connectivity index (χ2v) is 5.37. The van der Waals surface area contributed by atoms with Crippen LogP contribution in [0.25, 0.3) is 0 Å². The molecule has 0 saturated heterocycles.